The van der Waals surface area contributed by atoms with Crippen LogP contribution in [0.3, 0.4) is 0 Å². The molecule has 0 unspecified atom stereocenters. The third-order valence-corrected chi connectivity index (χ3v) is 9.30. The highest BCUT2D eigenvalue weighted by molar-refractivity contribution is 6.32. The molecule has 0 saturated carbocycles. The highest BCUT2D eigenvalue weighted by Gasteiger charge is 2.39. The molecular formula is C43H33ClFN3O10. The van der Waals surface area contributed by atoms with Gasteiger partial charge in [0.2, 0.25) is 11.7 Å². The molecule has 0 N–H and O–H groups in total. The van der Waals surface area contributed by atoms with Gasteiger partial charge in [-0.15, -0.1) is 0 Å². The van der Waals surface area contributed by atoms with E-state index in [9.17, 15) is 24.0 Å². The third kappa shape index (κ3) is 9.33. The fraction of sp³-hybridized carbons (Fsp3) is 0.163. The van der Waals surface area contributed by atoms with Crippen LogP contribution in [0.5, 0.6) is 11.6 Å². The largest absolute Gasteiger partial charge is 0.421 e. The molecular weight excluding hydrogens is 773 g/mol. The molecule has 58 heavy (non-hydrogen) atoms. The first kappa shape index (κ1) is 39.6. The maximum atomic E-state index is 15.3. The van der Waals surface area contributed by atoms with Gasteiger partial charge in [-0.3, -0.25) is 14.2 Å². The number of rotatable bonds is 13. The second-order valence-electron chi connectivity index (χ2n) is 13.0. The van der Waals surface area contributed by atoms with E-state index in [1.807, 2.05) is 60.7 Å². The highest BCUT2D eigenvalue weighted by Crippen LogP contribution is 2.32. The zero-order valence-electron chi connectivity index (χ0n) is 30.4. The van der Waals surface area contributed by atoms with E-state index in [1.165, 1.54) is 18.2 Å². The van der Waals surface area contributed by atoms with Crippen LogP contribution in [0.2, 0.25) is 5.02 Å². The minimum atomic E-state index is -1.50. The first-order valence-corrected chi connectivity index (χ1v) is 18.3. The van der Waals surface area contributed by atoms with E-state index in [-0.39, 0.29) is 64.2 Å². The molecule has 6 aromatic rings. The van der Waals surface area contributed by atoms with Crippen LogP contribution < -0.4 is 20.7 Å². The number of carbonyl (C=O) groups is 3. The van der Waals surface area contributed by atoms with Crippen LogP contribution in [0.4, 0.5) is 4.39 Å². The summed E-state index contributed by atoms with van der Waals surface area (Å²) in [5, 5.41) is -0.0983. The molecule has 0 amide bonds. The van der Waals surface area contributed by atoms with E-state index < -0.39 is 53.3 Å². The van der Waals surface area contributed by atoms with E-state index >= 15 is 4.39 Å². The maximum Gasteiger partial charge on any atom is 0.344 e. The minimum Gasteiger partial charge on any atom is -0.421 e. The fourth-order valence-electron chi connectivity index (χ4n) is 6.10. The van der Waals surface area contributed by atoms with Crippen LogP contribution in [0.1, 0.15) is 54.8 Å². The number of esters is 2. The zero-order chi connectivity index (χ0) is 40.6. The standard InChI is InChI=1S/C43H33ClFN3O10/c44-32-22-46-37(58-41(51)29-15-8-3-9-16-29)20-34(32)57-42(52)31-18-10-17-30(19-31)39(49)48-40(50)33(45)23-47(43(48)53)38-21-35(55-25-28-13-6-2-7-14-28)36(56-38)26-54-24-27-11-4-1-5-12-27/h1-20,22-23,35-36,38H,21,24-26H2/t35-,36+,38+/m0/s1. The summed E-state index contributed by atoms with van der Waals surface area (Å²) < 4.78 is 45.3. The lowest BCUT2D eigenvalue weighted by Gasteiger charge is -2.19. The number of nitrogens with zero attached hydrogens (tertiary/aromatic N) is 3. The first-order chi connectivity index (χ1) is 28.1. The normalized spacial score (nSPS) is 16.1. The molecule has 1 aliphatic rings. The van der Waals surface area contributed by atoms with Crippen LogP contribution in [0, 0.1) is 5.82 Å². The number of hydrogen-bond donors (Lipinski definition) is 0. The van der Waals surface area contributed by atoms with E-state index in [0.29, 0.717) is 6.20 Å². The van der Waals surface area contributed by atoms with Gasteiger partial charge in [0, 0.05) is 18.1 Å². The van der Waals surface area contributed by atoms with Crippen LogP contribution in [-0.4, -0.2) is 50.8 Å². The Morgan fingerprint density at radius 3 is 2.10 bits per heavy atom. The molecule has 2 aromatic heterocycles. The van der Waals surface area contributed by atoms with Crippen molar-refractivity contribution in [1.29, 1.82) is 0 Å². The van der Waals surface area contributed by atoms with Gasteiger partial charge in [0.1, 0.15) is 17.4 Å². The van der Waals surface area contributed by atoms with E-state index in [4.69, 9.17) is 35.3 Å². The number of aromatic nitrogens is 3. The van der Waals surface area contributed by atoms with Crippen molar-refractivity contribution in [3.63, 3.8) is 0 Å². The van der Waals surface area contributed by atoms with Crippen molar-refractivity contribution in [2.24, 2.45) is 0 Å². The topological polar surface area (TPSA) is 154 Å². The molecule has 3 atom stereocenters. The van der Waals surface area contributed by atoms with Gasteiger partial charge in [0.05, 0.1) is 49.4 Å². The van der Waals surface area contributed by atoms with Crippen molar-refractivity contribution in [2.75, 3.05) is 6.61 Å². The molecule has 0 aliphatic carbocycles. The van der Waals surface area contributed by atoms with Crippen molar-refractivity contribution >= 4 is 29.4 Å². The Hall–Kier alpha value is -6.58. The molecule has 0 bridgehead atoms. The summed E-state index contributed by atoms with van der Waals surface area (Å²) in [6.45, 7) is 0.555. The average molecular weight is 806 g/mol. The molecule has 1 saturated heterocycles. The number of ether oxygens (including phenoxy) is 5. The van der Waals surface area contributed by atoms with Crippen LogP contribution in [0.25, 0.3) is 0 Å². The number of benzene rings is 4. The maximum absolute atomic E-state index is 15.3. The monoisotopic (exact) mass is 805 g/mol. The van der Waals surface area contributed by atoms with Crippen LogP contribution in [-0.2, 0) is 27.4 Å². The molecule has 1 fully saturated rings. The lowest BCUT2D eigenvalue weighted by atomic mass is 10.1. The average Bonchev–Trinajstić information content (AvgIpc) is 3.66. The lowest BCUT2D eigenvalue weighted by Crippen LogP contribution is -2.46. The molecule has 0 radical (unpaired) electrons. The molecule has 7 rings (SSSR count). The van der Waals surface area contributed by atoms with Crippen molar-refractivity contribution in [1.82, 2.24) is 14.1 Å². The Morgan fingerprint density at radius 2 is 1.40 bits per heavy atom. The Kier molecular flexibility index (Phi) is 12.4. The number of carbonyl (C=O) groups excluding carboxylic acids is 3. The molecule has 4 aromatic carbocycles. The van der Waals surface area contributed by atoms with Gasteiger partial charge >= 0.3 is 17.6 Å². The van der Waals surface area contributed by atoms with Crippen LogP contribution >= 0.6 is 11.6 Å². The number of hydrogen-bond acceptors (Lipinski definition) is 11. The van der Waals surface area contributed by atoms with E-state index in [2.05, 4.69) is 4.98 Å². The summed E-state index contributed by atoms with van der Waals surface area (Å²) in [5.74, 6) is -4.76. The Labute approximate surface area is 334 Å². The summed E-state index contributed by atoms with van der Waals surface area (Å²) in [5.41, 5.74) is -1.11. The predicted octanol–water partition coefficient (Wildman–Crippen LogP) is 6.41. The number of halogens is 2. The lowest BCUT2D eigenvalue weighted by molar-refractivity contribution is -0.0834. The third-order valence-electron chi connectivity index (χ3n) is 9.02. The van der Waals surface area contributed by atoms with Gasteiger partial charge in [0.25, 0.3) is 11.5 Å². The van der Waals surface area contributed by atoms with Gasteiger partial charge < -0.3 is 23.7 Å². The Morgan fingerprint density at radius 1 is 0.776 bits per heavy atom. The van der Waals surface area contributed by atoms with Gasteiger partial charge in [-0.05, 0) is 41.5 Å². The molecule has 1 aliphatic heterocycles. The fourth-order valence-corrected chi connectivity index (χ4v) is 6.24. The van der Waals surface area contributed by atoms with E-state index in [1.54, 1.807) is 30.3 Å². The summed E-state index contributed by atoms with van der Waals surface area (Å²) in [6.07, 6.45) is -0.592. The van der Waals surface area contributed by atoms with E-state index in [0.717, 1.165) is 34.0 Å². The SMILES string of the molecule is O=C(Oc1cc(OC(=O)c2cccc(C(=O)n3c(=O)c(F)cn([C@H]4C[C@H](OCc5ccccc5)[C@@H](COCc5ccccc5)O4)c3=O)c2)c(Cl)cn1)c1ccccc1. The summed E-state index contributed by atoms with van der Waals surface area (Å²) in [7, 11) is 0. The van der Waals surface area contributed by atoms with Gasteiger partial charge in [0.15, 0.2) is 5.75 Å². The minimum absolute atomic E-state index is 0.0595. The number of pyridine rings is 1. The Balaban J connectivity index is 1.09. The van der Waals surface area contributed by atoms with Crippen molar-refractivity contribution < 1.29 is 42.5 Å². The van der Waals surface area contributed by atoms with Crippen molar-refractivity contribution in [3.05, 3.63) is 193 Å². The molecule has 13 nitrogen and oxygen atoms in total. The summed E-state index contributed by atoms with van der Waals surface area (Å²) in [4.78, 5) is 70.4. The van der Waals surface area contributed by atoms with Gasteiger partial charge in [-0.25, -0.2) is 19.4 Å². The van der Waals surface area contributed by atoms with Crippen LogP contribution in [0.15, 0.2) is 143 Å². The molecule has 15 heteroatoms. The molecule has 294 valence electrons. The van der Waals surface area contributed by atoms with Crippen molar-refractivity contribution in [2.45, 2.75) is 38.1 Å². The summed E-state index contributed by atoms with van der Waals surface area (Å²) in [6, 6.07) is 33.0. The zero-order valence-corrected chi connectivity index (χ0v) is 31.2. The van der Waals surface area contributed by atoms with Crippen molar-refractivity contribution in [3.8, 4) is 11.6 Å². The Bertz CT molecular complexity index is 2550. The van der Waals surface area contributed by atoms with Gasteiger partial charge in [-0.1, -0.05) is 96.5 Å². The second kappa shape index (κ2) is 18.1. The van der Waals surface area contributed by atoms with Gasteiger partial charge in [-0.2, -0.15) is 8.96 Å². The molecule has 0 spiro atoms. The smallest absolute Gasteiger partial charge is 0.344 e. The molecule has 3 heterocycles. The predicted molar refractivity (Wildman–Crippen MR) is 206 cm³/mol. The summed E-state index contributed by atoms with van der Waals surface area (Å²) >= 11 is 6.21. The second-order valence-corrected chi connectivity index (χ2v) is 13.4. The highest BCUT2D eigenvalue weighted by atomic mass is 35.5. The first-order valence-electron chi connectivity index (χ1n) is 17.9. The quantitative estimate of drug-likeness (QED) is 0.119.